The topological polar surface area (TPSA) is 77.8 Å². The molecule has 0 amide bonds. The highest BCUT2D eigenvalue weighted by Crippen LogP contribution is 2.30. The second kappa shape index (κ2) is 8.00. The number of rotatable bonds is 6. The predicted molar refractivity (Wildman–Crippen MR) is 107 cm³/mol. The summed E-state index contributed by atoms with van der Waals surface area (Å²) in [6, 6.07) is 12.6. The van der Waals surface area contributed by atoms with Crippen LogP contribution in [0, 0.1) is 6.92 Å². The van der Waals surface area contributed by atoms with Crippen LogP contribution in [0.2, 0.25) is 0 Å². The van der Waals surface area contributed by atoms with Crippen LogP contribution in [-0.2, 0) is 11.2 Å². The molecule has 2 aromatic carbocycles. The molecule has 1 heterocycles. The van der Waals surface area contributed by atoms with Crippen LogP contribution in [0.4, 0.5) is 0 Å². The van der Waals surface area contributed by atoms with E-state index in [1.54, 1.807) is 45.4 Å². The zero-order valence-corrected chi connectivity index (χ0v) is 15.9. The largest absolute Gasteiger partial charge is 0.497 e. The van der Waals surface area contributed by atoms with Gasteiger partial charge in [-0.15, -0.1) is 0 Å². The second-order valence-electron chi connectivity index (χ2n) is 6.30. The van der Waals surface area contributed by atoms with Crippen LogP contribution in [0.1, 0.15) is 21.6 Å². The number of hydrogen-bond acceptors (Lipinski definition) is 4. The van der Waals surface area contributed by atoms with Crippen molar-refractivity contribution in [2.45, 2.75) is 13.3 Å². The molecule has 0 aliphatic heterocycles. The Bertz CT molecular complexity index is 1060. The smallest absolute Gasteiger partial charge is 0.307 e. The first-order valence-electron chi connectivity index (χ1n) is 8.70. The monoisotopic (exact) mass is 379 g/mol. The van der Waals surface area contributed by atoms with Crippen molar-refractivity contribution in [1.82, 2.24) is 4.57 Å². The molecule has 0 saturated carbocycles. The van der Waals surface area contributed by atoms with Gasteiger partial charge in [0.25, 0.3) is 5.91 Å². The van der Waals surface area contributed by atoms with E-state index in [9.17, 15) is 14.7 Å². The van der Waals surface area contributed by atoms with Gasteiger partial charge in [-0.3, -0.25) is 14.2 Å². The molecule has 0 aliphatic carbocycles. The molecular formula is C22H21NO5. The number of methoxy groups -OCH3 is 2. The van der Waals surface area contributed by atoms with E-state index in [0.717, 1.165) is 11.3 Å². The summed E-state index contributed by atoms with van der Waals surface area (Å²) in [6.07, 6.45) is 3.02. The fraction of sp³-hybridized carbons (Fsp3) is 0.182. The Hall–Kier alpha value is -3.54. The number of aromatic nitrogens is 1. The van der Waals surface area contributed by atoms with Gasteiger partial charge in [0, 0.05) is 17.2 Å². The average Bonchev–Trinajstić information content (AvgIpc) is 2.97. The van der Waals surface area contributed by atoms with Crippen molar-refractivity contribution in [3.63, 3.8) is 0 Å². The van der Waals surface area contributed by atoms with Gasteiger partial charge in [-0.05, 0) is 54.5 Å². The van der Waals surface area contributed by atoms with Gasteiger partial charge < -0.3 is 14.6 Å². The molecule has 0 unspecified atom stereocenters. The lowest BCUT2D eigenvalue weighted by atomic mass is 10.1. The van der Waals surface area contributed by atoms with Crippen molar-refractivity contribution in [2.24, 2.45) is 0 Å². The van der Waals surface area contributed by atoms with Crippen molar-refractivity contribution in [3.05, 3.63) is 65.4 Å². The maximum Gasteiger partial charge on any atom is 0.307 e. The van der Waals surface area contributed by atoms with E-state index in [4.69, 9.17) is 9.47 Å². The van der Waals surface area contributed by atoms with Crippen LogP contribution in [0.5, 0.6) is 11.5 Å². The van der Waals surface area contributed by atoms with Gasteiger partial charge in [0.05, 0.1) is 26.2 Å². The number of nitrogens with zero attached hydrogens (tertiary/aromatic N) is 1. The molecule has 6 heteroatoms. The summed E-state index contributed by atoms with van der Waals surface area (Å²) in [5, 5.41) is 9.97. The number of carbonyl (C=O) groups excluding carboxylic acids is 1. The molecule has 144 valence electrons. The van der Waals surface area contributed by atoms with Crippen LogP contribution in [0.25, 0.3) is 17.0 Å². The number of benzene rings is 2. The Morgan fingerprint density at radius 1 is 1.04 bits per heavy atom. The first kappa shape index (κ1) is 19.2. The summed E-state index contributed by atoms with van der Waals surface area (Å²) in [6.45, 7) is 1.75. The predicted octanol–water partition coefficient (Wildman–Crippen LogP) is 3.95. The lowest BCUT2D eigenvalue weighted by molar-refractivity contribution is -0.136. The number of fused-ring (bicyclic) bond motifs is 1. The fourth-order valence-corrected chi connectivity index (χ4v) is 3.20. The molecule has 3 rings (SSSR count). The zero-order chi connectivity index (χ0) is 20.3. The van der Waals surface area contributed by atoms with Crippen molar-refractivity contribution in [3.8, 4) is 11.5 Å². The fourth-order valence-electron chi connectivity index (χ4n) is 3.20. The van der Waals surface area contributed by atoms with Gasteiger partial charge in [0.1, 0.15) is 11.5 Å². The van der Waals surface area contributed by atoms with Gasteiger partial charge in [0.15, 0.2) is 0 Å². The Morgan fingerprint density at radius 2 is 1.68 bits per heavy atom. The van der Waals surface area contributed by atoms with Crippen LogP contribution in [0.3, 0.4) is 0 Å². The van der Waals surface area contributed by atoms with Crippen LogP contribution in [-0.4, -0.2) is 35.8 Å². The van der Waals surface area contributed by atoms with E-state index in [2.05, 4.69) is 0 Å². The minimum Gasteiger partial charge on any atom is -0.497 e. The maximum absolute atomic E-state index is 12.9. The van der Waals surface area contributed by atoms with Crippen molar-refractivity contribution >= 4 is 28.9 Å². The van der Waals surface area contributed by atoms with E-state index in [1.165, 1.54) is 10.6 Å². The van der Waals surface area contributed by atoms with E-state index < -0.39 is 5.97 Å². The number of aliphatic carboxylic acids is 1. The van der Waals surface area contributed by atoms with Gasteiger partial charge >= 0.3 is 5.97 Å². The van der Waals surface area contributed by atoms with E-state index >= 15 is 0 Å². The van der Waals surface area contributed by atoms with Crippen molar-refractivity contribution in [2.75, 3.05) is 14.2 Å². The quantitative estimate of drug-likeness (QED) is 0.656. The molecule has 6 nitrogen and oxygen atoms in total. The summed E-state index contributed by atoms with van der Waals surface area (Å²) >= 11 is 0. The van der Waals surface area contributed by atoms with Gasteiger partial charge in [0.2, 0.25) is 0 Å². The SMILES string of the molecule is COc1ccc(C=CC(=O)n2c(C)c(CC(=O)O)c3cc(OC)ccc32)cc1. The second-order valence-corrected chi connectivity index (χ2v) is 6.30. The molecule has 28 heavy (non-hydrogen) atoms. The Labute approximate surface area is 162 Å². The number of carboxylic acid groups (broad SMARTS) is 1. The van der Waals surface area contributed by atoms with E-state index in [-0.39, 0.29) is 12.3 Å². The lowest BCUT2D eigenvalue weighted by Gasteiger charge is -2.05. The molecule has 0 fully saturated rings. The highest BCUT2D eigenvalue weighted by Gasteiger charge is 2.19. The van der Waals surface area contributed by atoms with Gasteiger partial charge in [-0.1, -0.05) is 12.1 Å². The number of carbonyl (C=O) groups is 2. The molecule has 0 atom stereocenters. The average molecular weight is 379 g/mol. The Morgan fingerprint density at radius 3 is 2.29 bits per heavy atom. The minimum atomic E-state index is -0.953. The van der Waals surface area contributed by atoms with Crippen LogP contribution < -0.4 is 9.47 Å². The lowest BCUT2D eigenvalue weighted by Crippen LogP contribution is -2.10. The molecular weight excluding hydrogens is 358 g/mol. The standard InChI is InChI=1S/C22H21NO5/c1-14-18(13-22(25)26)19-12-17(28-3)9-10-20(19)23(14)21(24)11-6-15-4-7-16(27-2)8-5-15/h4-12H,13H2,1-3H3,(H,25,26). The van der Waals surface area contributed by atoms with E-state index in [0.29, 0.717) is 27.9 Å². The maximum atomic E-state index is 12.9. The number of allylic oxidation sites excluding steroid dienone is 1. The van der Waals surface area contributed by atoms with E-state index in [1.807, 2.05) is 24.3 Å². The van der Waals surface area contributed by atoms with Gasteiger partial charge in [-0.2, -0.15) is 0 Å². The summed E-state index contributed by atoms with van der Waals surface area (Å²) in [7, 11) is 3.14. The number of hydrogen-bond donors (Lipinski definition) is 1. The number of ether oxygens (including phenoxy) is 2. The third kappa shape index (κ3) is 3.76. The minimum absolute atomic E-state index is 0.169. The Kier molecular flexibility index (Phi) is 5.49. The highest BCUT2D eigenvalue weighted by molar-refractivity contribution is 6.03. The summed E-state index contributed by atoms with van der Waals surface area (Å²) in [5.41, 5.74) is 2.72. The summed E-state index contributed by atoms with van der Waals surface area (Å²) in [5.74, 6) is 0.145. The third-order valence-electron chi connectivity index (χ3n) is 4.62. The summed E-state index contributed by atoms with van der Waals surface area (Å²) < 4.78 is 11.9. The van der Waals surface area contributed by atoms with Crippen molar-refractivity contribution in [1.29, 1.82) is 0 Å². The zero-order valence-electron chi connectivity index (χ0n) is 15.9. The molecule has 1 aromatic heterocycles. The molecule has 3 aromatic rings. The van der Waals surface area contributed by atoms with Crippen LogP contribution in [0.15, 0.2) is 48.5 Å². The highest BCUT2D eigenvalue weighted by atomic mass is 16.5. The molecule has 0 bridgehead atoms. The molecule has 0 saturated heterocycles. The van der Waals surface area contributed by atoms with Crippen molar-refractivity contribution < 1.29 is 24.2 Å². The molecule has 0 spiro atoms. The molecule has 1 N–H and O–H groups in total. The molecule has 0 aliphatic rings. The first-order chi connectivity index (χ1) is 13.4. The normalized spacial score (nSPS) is 11.1. The van der Waals surface area contributed by atoms with Gasteiger partial charge in [-0.25, -0.2) is 0 Å². The first-order valence-corrected chi connectivity index (χ1v) is 8.70. The summed E-state index contributed by atoms with van der Waals surface area (Å²) in [4.78, 5) is 24.2. The Balaban J connectivity index is 2.03. The number of carboxylic acids is 1. The molecule has 0 radical (unpaired) electrons. The van der Waals surface area contributed by atoms with Crippen LogP contribution >= 0.6 is 0 Å². The third-order valence-corrected chi connectivity index (χ3v) is 4.62.